The largest absolute Gasteiger partial charge is 0.478 e. The Balaban J connectivity index is 1.66. The van der Waals surface area contributed by atoms with Crippen LogP contribution in [0.5, 0.6) is 0 Å². The molecule has 6 heteroatoms. The fourth-order valence-corrected chi connectivity index (χ4v) is 5.55. The number of thioether (sulfide) groups is 2. The van der Waals surface area contributed by atoms with Crippen LogP contribution in [0.15, 0.2) is 18.2 Å². The molecule has 0 saturated carbocycles. The van der Waals surface area contributed by atoms with Crippen molar-refractivity contribution in [3.05, 3.63) is 34.9 Å². The van der Waals surface area contributed by atoms with E-state index in [1.807, 2.05) is 34.5 Å². The molecule has 3 rings (SSSR count). The minimum atomic E-state index is -0.915. The molecule has 0 aliphatic carbocycles. The first-order valence-corrected chi connectivity index (χ1v) is 9.66. The molecular formula is C16H19NO3S2. The lowest BCUT2D eigenvalue weighted by Gasteiger charge is -2.31. The summed E-state index contributed by atoms with van der Waals surface area (Å²) in [5.74, 6) is 2.66. The Morgan fingerprint density at radius 3 is 2.86 bits per heavy atom. The van der Waals surface area contributed by atoms with Crippen LogP contribution in [0.4, 0.5) is 0 Å². The van der Waals surface area contributed by atoms with Gasteiger partial charge in [0.2, 0.25) is 5.91 Å². The van der Waals surface area contributed by atoms with Crippen molar-refractivity contribution in [3.63, 3.8) is 0 Å². The van der Waals surface area contributed by atoms with Gasteiger partial charge in [0.25, 0.3) is 0 Å². The number of amides is 1. The van der Waals surface area contributed by atoms with Crippen molar-refractivity contribution >= 4 is 35.4 Å². The third-order valence-electron chi connectivity index (χ3n) is 4.11. The topological polar surface area (TPSA) is 57.6 Å². The van der Waals surface area contributed by atoms with Crippen molar-refractivity contribution < 1.29 is 14.7 Å². The molecule has 0 spiro atoms. The van der Waals surface area contributed by atoms with Gasteiger partial charge in [0, 0.05) is 42.0 Å². The number of carbonyl (C=O) groups is 2. The molecule has 2 aliphatic rings. The summed E-state index contributed by atoms with van der Waals surface area (Å²) in [4.78, 5) is 25.4. The molecular weight excluding hydrogens is 318 g/mol. The zero-order valence-electron chi connectivity index (χ0n) is 12.3. The van der Waals surface area contributed by atoms with E-state index in [1.54, 1.807) is 12.1 Å². The van der Waals surface area contributed by atoms with E-state index in [0.29, 0.717) is 23.8 Å². The molecule has 1 aromatic rings. The number of rotatable bonds is 3. The highest BCUT2D eigenvalue weighted by atomic mass is 32.2. The van der Waals surface area contributed by atoms with Crippen LogP contribution >= 0.6 is 23.5 Å². The second kappa shape index (κ2) is 6.96. The van der Waals surface area contributed by atoms with E-state index in [4.69, 9.17) is 5.11 Å². The van der Waals surface area contributed by atoms with Gasteiger partial charge >= 0.3 is 5.97 Å². The van der Waals surface area contributed by atoms with Crippen molar-refractivity contribution in [1.29, 1.82) is 0 Å². The lowest BCUT2D eigenvalue weighted by Crippen LogP contribution is -2.38. The molecule has 22 heavy (non-hydrogen) atoms. The molecule has 2 aliphatic heterocycles. The fraction of sp³-hybridized carbons (Fsp3) is 0.500. The van der Waals surface area contributed by atoms with Gasteiger partial charge in [-0.15, -0.1) is 0 Å². The van der Waals surface area contributed by atoms with E-state index in [2.05, 4.69) is 0 Å². The summed E-state index contributed by atoms with van der Waals surface area (Å²) < 4.78 is 0. The van der Waals surface area contributed by atoms with Crippen LogP contribution in [0.3, 0.4) is 0 Å². The molecule has 4 nitrogen and oxygen atoms in total. The molecule has 1 saturated heterocycles. The zero-order valence-corrected chi connectivity index (χ0v) is 13.9. The fourth-order valence-electron chi connectivity index (χ4n) is 2.88. The molecule has 0 bridgehead atoms. The van der Waals surface area contributed by atoms with Gasteiger partial charge in [-0.25, -0.2) is 4.79 Å². The third kappa shape index (κ3) is 3.60. The number of carboxylic acid groups (broad SMARTS) is 1. The molecule has 0 radical (unpaired) electrons. The lowest BCUT2D eigenvalue weighted by molar-refractivity contribution is -0.132. The first-order valence-electron chi connectivity index (χ1n) is 7.45. The van der Waals surface area contributed by atoms with Gasteiger partial charge < -0.3 is 10.0 Å². The average molecular weight is 337 g/mol. The smallest absolute Gasteiger partial charge is 0.335 e. The summed E-state index contributed by atoms with van der Waals surface area (Å²) in [6, 6.07) is 5.24. The van der Waals surface area contributed by atoms with Gasteiger partial charge in [0.1, 0.15) is 0 Å². The highest BCUT2D eigenvalue weighted by Gasteiger charge is 2.25. The average Bonchev–Trinajstić information content (AvgIpc) is 2.54. The number of fused-ring (bicyclic) bond motifs is 1. The lowest BCUT2D eigenvalue weighted by atomic mass is 9.97. The normalized spacial score (nSPS) is 21.3. The van der Waals surface area contributed by atoms with Gasteiger partial charge in [0.15, 0.2) is 0 Å². The molecule has 2 heterocycles. The van der Waals surface area contributed by atoms with Crippen LogP contribution in [0.1, 0.15) is 27.9 Å². The Hall–Kier alpha value is -1.14. The number of carboxylic acids is 1. The Kier molecular flexibility index (Phi) is 4.98. The predicted octanol–water partition coefficient (Wildman–Crippen LogP) is 2.51. The number of hydrogen-bond donors (Lipinski definition) is 1. The van der Waals surface area contributed by atoms with E-state index in [-0.39, 0.29) is 5.91 Å². The SMILES string of the molecule is O=C(O)c1ccc2c(c1)CN(C(=O)CC1CSCCS1)CC2. The van der Waals surface area contributed by atoms with Crippen LogP contribution in [0.2, 0.25) is 0 Å². The summed E-state index contributed by atoms with van der Waals surface area (Å²) in [6.45, 7) is 1.28. The van der Waals surface area contributed by atoms with Gasteiger partial charge in [-0.1, -0.05) is 6.07 Å². The Morgan fingerprint density at radius 1 is 1.27 bits per heavy atom. The molecule has 1 atom stereocenters. The van der Waals surface area contributed by atoms with E-state index >= 15 is 0 Å². The molecule has 1 fully saturated rings. The summed E-state index contributed by atoms with van der Waals surface area (Å²) in [7, 11) is 0. The molecule has 1 unspecified atom stereocenters. The zero-order chi connectivity index (χ0) is 15.5. The van der Waals surface area contributed by atoms with E-state index in [1.165, 1.54) is 5.75 Å². The van der Waals surface area contributed by atoms with Gasteiger partial charge in [-0.05, 0) is 29.7 Å². The van der Waals surface area contributed by atoms with Gasteiger partial charge in [-0.2, -0.15) is 23.5 Å². The van der Waals surface area contributed by atoms with Crippen molar-refractivity contribution in [2.45, 2.75) is 24.6 Å². The summed E-state index contributed by atoms with van der Waals surface area (Å²) in [5.41, 5.74) is 2.44. The maximum absolute atomic E-state index is 12.5. The quantitative estimate of drug-likeness (QED) is 0.918. The van der Waals surface area contributed by atoms with Crippen LogP contribution in [0.25, 0.3) is 0 Å². The minimum Gasteiger partial charge on any atom is -0.478 e. The molecule has 118 valence electrons. The van der Waals surface area contributed by atoms with Crippen LogP contribution < -0.4 is 0 Å². The third-order valence-corrected chi connectivity index (χ3v) is 6.95. The molecule has 1 aromatic carbocycles. The van der Waals surface area contributed by atoms with E-state index < -0.39 is 5.97 Å². The monoisotopic (exact) mass is 337 g/mol. The van der Waals surface area contributed by atoms with Crippen molar-refractivity contribution in [1.82, 2.24) is 4.90 Å². The van der Waals surface area contributed by atoms with E-state index in [0.717, 1.165) is 35.6 Å². The highest BCUT2D eigenvalue weighted by molar-refractivity contribution is 8.06. The minimum absolute atomic E-state index is 0.200. The van der Waals surface area contributed by atoms with E-state index in [9.17, 15) is 9.59 Å². The first kappa shape index (κ1) is 15.7. The number of aromatic carboxylic acids is 1. The van der Waals surface area contributed by atoms with Crippen LogP contribution in [-0.4, -0.2) is 50.9 Å². The van der Waals surface area contributed by atoms with Crippen molar-refractivity contribution in [3.8, 4) is 0 Å². The summed E-state index contributed by atoms with van der Waals surface area (Å²) in [6.07, 6.45) is 1.42. The number of carbonyl (C=O) groups excluding carboxylic acids is 1. The number of hydrogen-bond acceptors (Lipinski definition) is 4. The molecule has 1 amide bonds. The van der Waals surface area contributed by atoms with Gasteiger partial charge in [0.05, 0.1) is 5.56 Å². The predicted molar refractivity (Wildman–Crippen MR) is 90.7 cm³/mol. The van der Waals surface area contributed by atoms with Crippen LogP contribution in [-0.2, 0) is 17.8 Å². The van der Waals surface area contributed by atoms with Crippen LogP contribution in [0, 0.1) is 0 Å². The summed E-state index contributed by atoms with van der Waals surface area (Å²) >= 11 is 3.83. The Morgan fingerprint density at radius 2 is 2.14 bits per heavy atom. The standard InChI is InChI=1S/C16H19NO3S2/c18-15(8-14-10-21-5-6-22-14)17-4-3-11-1-2-12(16(19)20)7-13(11)9-17/h1-2,7,14H,3-6,8-10H2,(H,19,20). The van der Waals surface area contributed by atoms with Crippen molar-refractivity contribution in [2.24, 2.45) is 0 Å². The summed E-state index contributed by atoms with van der Waals surface area (Å²) in [5, 5.41) is 9.52. The maximum Gasteiger partial charge on any atom is 0.335 e. The number of nitrogens with zero attached hydrogens (tertiary/aromatic N) is 1. The van der Waals surface area contributed by atoms with Gasteiger partial charge in [-0.3, -0.25) is 4.79 Å². The highest BCUT2D eigenvalue weighted by Crippen LogP contribution is 2.28. The van der Waals surface area contributed by atoms with Crippen molar-refractivity contribution in [2.75, 3.05) is 23.8 Å². The second-order valence-electron chi connectivity index (χ2n) is 5.63. The number of benzene rings is 1. The molecule has 0 aromatic heterocycles. The molecule has 1 N–H and O–H groups in total. The Bertz CT molecular complexity index is 585. The Labute approximate surface area is 138 Å². The maximum atomic E-state index is 12.5. The first-order chi connectivity index (χ1) is 10.6. The second-order valence-corrected chi connectivity index (χ2v) is 8.18.